The van der Waals surface area contributed by atoms with Gasteiger partial charge in [0.15, 0.2) is 0 Å². The zero-order valence-corrected chi connectivity index (χ0v) is 39.3. The van der Waals surface area contributed by atoms with Gasteiger partial charge in [-0.1, -0.05) is 48.5 Å². The van der Waals surface area contributed by atoms with Crippen LogP contribution in [0.4, 0.5) is 0 Å². The number of hydrogen-bond acceptors (Lipinski definition) is 10. The van der Waals surface area contributed by atoms with Crippen molar-refractivity contribution in [3.8, 4) is 11.5 Å². The van der Waals surface area contributed by atoms with Crippen LogP contribution in [-0.2, 0) is 48.2 Å². The van der Waals surface area contributed by atoms with Crippen LogP contribution in [-0.4, -0.2) is 90.7 Å². The van der Waals surface area contributed by atoms with Gasteiger partial charge >= 0.3 is 5.97 Å². The van der Waals surface area contributed by atoms with Gasteiger partial charge in [0.25, 0.3) is 5.91 Å². The number of nitrogens with zero attached hydrogens (tertiary/aromatic N) is 5. The molecule has 1 amide bonds. The lowest BCUT2D eigenvalue weighted by molar-refractivity contribution is -0.0586. The molecule has 14 heteroatoms. The molecule has 4 atom stereocenters. The number of pyridine rings is 4. The number of aromatic nitrogens is 4. The topological polar surface area (TPSA) is 164 Å². The molecule has 0 radical (unpaired) electrons. The summed E-state index contributed by atoms with van der Waals surface area (Å²) in [6.07, 6.45) is 14.3. The van der Waals surface area contributed by atoms with Crippen molar-refractivity contribution in [2.24, 2.45) is 0 Å². The predicted molar refractivity (Wildman–Crippen MR) is 257 cm³/mol. The minimum absolute atomic E-state index is 0.0104. The molecule has 2 aromatic carbocycles. The van der Waals surface area contributed by atoms with E-state index in [-0.39, 0.29) is 52.3 Å². The number of aryl methyl sites for hydroxylation is 2. The Morgan fingerprint density at radius 3 is 1.43 bits per heavy atom. The van der Waals surface area contributed by atoms with Gasteiger partial charge < -0.3 is 38.1 Å². The van der Waals surface area contributed by atoms with E-state index in [0.717, 1.165) is 25.7 Å². The quantitative estimate of drug-likeness (QED) is 0.158. The SMILES string of the molecule is CCn1cc(C(=O)N2C[C@@H](C)O[C@@H](C)C2)c(=O)c2cc(OC3Cc4ccccc4C3)cnc21.CCn1cc(C(=O)O)c(=O)c2cc(OC3Cc4ccccc4C3)cnc21.C[C@@H]1CCC[C@H](C)O1. The van der Waals surface area contributed by atoms with Crippen molar-refractivity contribution < 1.29 is 33.6 Å². The molecule has 4 aromatic heterocycles. The molecule has 352 valence electrons. The first kappa shape index (κ1) is 47.1. The lowest BCUT2D eigenvalue weighted by atomic mass is 10.1. The number of carboxylic acids is 1. The van der Waals surface area contributed by atoms with Crippen molar-refractivity contribution >= 4 is 33.9 Å². The van der Waals surface area contributed by atoms with Crippen molar-refractivity contribution in [2.75, 3.05) is 13.1 Å². The Morgan fingerprint density at radius 1 is 0.642 bits per heavy atom. The summed E-state index contributed by atoms with van der Waals surface area (Å²) >= 11 is 0. The Morgan fingerprint density at radius 2 is 1.04 bits per heavy atom. The molecule has 6 aromatic rings. The van der Waals surface area contributed by atoms with Gasteiger partial charge in [-0.3, -0.25) is 14.4 Å². The molecule has 0 bridgehead atoms. The normalized spacial score (nSPS) is 20.3. The number of carbonyl (C=O) groups is 2. The van der Waals surface area contributed by atoms with Crippen molar-refractivity contribution in [3.05, 3.63) is 139 Å². The highest BCUT2D eigenvalue weighted by atomic mass is 16.5. The highest BCUT2D eigenvalue weighted by Crippen LogP contribution is 2.29. The molecule has 0 unspecified atom stereocenters. The second kappa shape index (κ2) is 20.6. The maximum atomic E-state index is 13.4. The van der Waals surface area contributed by atoms with Gasteiger partial charge in [0.2, 0.25) is 10.9 Å². The predicted octanol–water partition coefficient (Wildman–Crippen LogP) is 7.84. The second-order valence-corrected chi connectivity index (χ2v) is 18.2. The Hall–Kier alpha value is -6.38. The first-order valence-electron chi connectivity index (χ1n) is 23.6. The number of hydrogen-bond donors (Lipinski definition) is 1. The molecular formula is C53H61N5O9. The standard InChI is InChI=1S/C26H29N3O4.C20H18N2O4.C7H14O/c1-4-28-15-23(26(31)29-13-16(2)32-17(3)14-29)24(30)22-11-21(12-27-25(22)28)33-20-9-18-7-5-6-8-19(18)10-20;1-2-22-11-17(20(24)25)18(23)16-9-15(10-21-19(16)22)26-14-7-12-5-3-4-6-13(12)8-14;1-6-4-3-5-7(2)8-6/h5-8,11-12,15-17,20H,4,9-10,13-14H2,1-3H3;3-6,9-11,14H,2,7-8H2,1H3,(H,24,25);6-7H,3-5H2,1-2H3/t16-,17+;;6-,7+. The van der Waals surface area contributed by atoms with Crippen LogP contribution in [0.1, 0.15) is 104 Å². The van der Waals surface area contributed by atoms with Crippen LogP contribution >= 0.6 is 0 Å². The van der Waals surface area contributed by atoms with Gasteiger partial charge in [-0.15, -0.1) is 0 Å². The Balaban J connectivity index is 0.000000159. The minimum atomic E-state index is -1.24. The summed E-state index contributed by atoms with van der Waals surface area (Å²) in [5.74, 6) is -0.462. The third-order valence-corrected chi connectivity index (χ3v) is 12.9. The molecule has 1 N–H and O–H groups in total. The number of morpholine rings is 1. The van der Waals surface area contributed by atoms with Crippen LogP contribution in [0.25, 0.3) is 22.1 Å². The fraction of sp³-hybridized carbons (Fsp3) is 0.434. The first-order chi connectivity index (χ1) is 32.3. The van der Waals surface area contributed by atoms with E-state index in [1.165, 1.54) is 47.7 Å². The summed E-state index contributed by atoms with van der Waals surface area (Å²) in [6.45, 7) is 14.1. The monoisotopic (exact) mass is 911 g/mol. The Bertz CT molecular complexity index is 2830. The summed E-state index contributed by atoms with van der Waals surface area (Å²) in [6, 6.07) is 19.9. The summed E-state index contributed by atoms with van der Waals surface area (Å²) in [4.78, 5) is 61.2. The fourth-order valence-electron chi connectivity index (χ4n) is 9.75. The third-order valence-electron chi connectivity index (χ3n) is 12.9. The molecule has 0 spiro atoms. The lowest BCUT2D eigenvalue weighted by Gasteiger charge is -2.35. The van der Waals surface area contributed by atoms with E-state index >= 15 is 0 Å². The number of carbonyl (C=O) groups excluding carboxylic acids is 1. The van der Waals surface area contributed by atoms with E-state index in [0.29, 0.717) is 66.6 Å². The van der Waals surface area contributed by atoms with Gasteiger partial charge in [0.05, 0.1) is 47.6 Å². The molecule has 2 saturated heterocycles. The summed E-state index contributed by atoms with van der Waals surface area (Å²) in [7, 11) is 0. The molecule has 6 heterocycles. The Labute approximate surface area is 390 Å². The molecule has 2 fully saturated rings. The van der Waals surface area contributed by atoms with Crippen LogP contribution < -0.4 is 20.3 Å². The van der Waals surface area contributed by atoms with Gasteiger partial charge in [-0.2, -0.15) is 0 Å². The van der Waals surface area contributed by atoms with E-state index in [4.69, 9.17) is 18.9 Å². The maximum Gasteiger partial charge on any atom is 0.341 e. The van der Waals surface area contributed by atoms with E-state index in [1.54, 1.807) is 40.2 Å². The summed E-state index contributed by atoms with van der Waals surface area (Å²) < 4.78 is 27.0. The van der Waals surface area contributed by atoms with Gasteiger partial charge in [-0.25, -0.2) is 14.8 Å². The molecule has 4 aliphatic rings. The molecular weight excluding hydrogens is 851 g/mol. The molecule has 67 heavy (non-hydrogen) atoms. The number of carboxylic acid groups (broad SMARTS) is 1. The number of fused-ring (bicyclic) bond motifs is 4. The number of rotatable bonds is 8. The highest BCUT2D eigenvalue weighted by molar-refractivity contribution is 5.97. The molecule has 0 saturated carbocycles. The lowest BCUT2D eigenvalue weighted by Crippen LogP contribution is -2.49. The number of ether oxygens (including phenoxy) is 4. The van der Waals surface area contributed by atoms with Crippen LogP contribution in [0.3, 0.4) is 0 Å². The molecule has 14 nitrogen and oxygen atoms in total. The zero-order valence-electron chi connectivity index (χ0n) is 39.3. The van der Waals surface area contributed by atoms with Crippen molar-refractivity contribution in [2.45, 2.75) is 136 Å². The van der Waals surface area contributed by atoms with Crippen molar-refractivity contribution in [1.29, 1.82) is 0 Å². The van der Waals surface area contributed by atoms with Gasteiger partial charge in [0.1, 0.15) is 46.1 Å². The first-order valence-corrected chi connectivity index (χ1v) is 23.6. The largest absolute Gasteiger partial charge is 0.488 e. The number of benzene rings is 2. The zero-order chi connectivity index (χ0) is 47.4. The summed E-state index contributed by atoms with van der Waals surface area (Å²) in [5.41, 5.74) is 5.22. The van der Waals surface area contributed by atoms with Crippen LogP contribution in [0.15, 0.2) is 95.0 Å². The minimum Gasteiger partial charge on any atom is -0.488 e. The number of aromatic carboxylic acids is 1. The Kier molecular flexibility index (Phi) is 14.5. The highest BCUT2D eigenvalue weighted by Gasteiger charge is 2.30. The van der Waals surface area contributed by atoms with Crippen LogP contribution in [0.2, 0.25) is 0 Å². The van der Waals surface area contributed by atoms with E-state index in [2.05, 4.69) is 48.1 Å². The van der Waals surface area contributed by atoms with Crippen molar-refractivity contribution in [1.82, 2.24) is 24.0 Å². The average molecular weight is 912 g/mol. The third kappa shape index (κ3) is 10.8. The van der Waals surface area contributed by atoms with Crippen LogP contribution in [0, 0.1) is 0 Å². The van der Waals surface area contributed by atoms with Crippen molar-refractivity contribution in [3.63, 3.8) is 0 Å². The maximum absolute atomic E-state index is 13.4. The van der Waals surface area contributed by atoms with Crippen LogP contribution in [0.5, 0.6) is 11.5 Å². The van der Waals surface area contributed by atoms with E-state index in [1.807, 2.05) is 56.5 Å². The average Bonchev–Trinajstić information content (AvgIpc) is 3.92. The molecule has 10 rings (SSSR count). The van der Waals surface area contributed by atoms with Gasteiger partial charge in [-0.05, 0) is 95.2 Å². The second-order valence-electron chi connectivity index (χ2n) is 18.2. The van der Waals surface area contributed by atoms with E-state index < -0.39 is 11.4 Å². The molecule has 2 aliphatic carbocycles. The molecule has 2 aliphatic heterocycles. The summed E-state index contributed by atoms with van der Waals surface area (Å²) in [5, 5.41) is 9.95. The van der Waals surface area contributed by atoms with E-state index in [9.17, 15) is 24.3 Å². The number of amides is 1. The van der Waals surface area contributed by atoms with Gasteiger partial charge in [0, 0.05) is 64.3 Å². The smallest absolute Gasteiger partial charge is 0.341 e. The fourth-order valence-corrected chi connectivity index (χ4v) is 9.75.